The van der Waals surface area contributed by atoms with E-state index in [9.17, 15) is 0 Å². The third-order valence-corrected chi connectivity index (χ3v) is 3.26. The minimum atomic E-state index is -0.221. The molecule has 1 aromatic rings. The fourth-order valence-corrected chi connectivity index (χ4v) is 2.31. The molecule has 0 saturated heterocycles. The summed E-state index contributed by atoms with van der Waals surface area (Å²) in [5.41, 5.74) is 0. The highest BCUT2D eigenvalue weighted by atomic mass is 79.9. The van der Waals surface area contributed by atoms with E-state index in [1.807, 2.05) is 12.1 Å². The molecule has 74 valence electrons. The minimum Gasteiger partial charge on any atom is -0.395 e. The highest BCUT2D eigenvalue weighted by Crippen LogP contribution is 2.21. The van der Waals surface area contributed by atoms with Crippen molar-refractivity contribution in [2.45, 2.75) is 12.6 Å². The number of hydrogen-bond donors (Lipinski definition) is 3. The summed E-state index contributed by atoms with van der Waals surface area (Å²) in [6.45, 7) is 0.605. The van der Waals surface area contributed by atoms with Crippen molar-refractivity contribution < 1.29 is 10.2 Å². The molecule has 0 atom stereocenters. The number of aliphatic hydroxyl groups excluding tert-OH is 2. The Kier molecular flexibility index (Phi) is 4.90. The first-order chi connectivity index (χ1) is 6.26. The minimum absolute atomic E-state index is 0.0386. The lowest BCUT2D eigenvalue weighted by Crippen LogP contribution is -2.34. The highest BCUT2D eigenvalue weighted by molar-refractivity contribution is 9.11. The van der Waals surface area contributed by atoms with Gasteiger partial charge in [-0.3, -0.25) is 0 Å². The Labute approximate surface area is 89.5 Å². The first-order valence-corrected chi connectivity index (χ1v) is 5.56. The lowest BCUT2D eigenvalue weighted by molar-refractivity contribution is 0.170. The molecule has 0 aromatic carbocycles. The van der Waals surface area contributed by atoms with Crippen LogP contribution >= 0.6 is 27.3 Å². The summed E-state index contributed by atoms with van der Waals surface area (Å²) in [6.07, 6.45) is 0. The zero-order valence-corrected chi connectivity index (χ0v) is 9.44. The van der Waals surface area contributed by atoms with E-state index in [2.05, 4.69) is 21.2 Å². The molecule has 3 nitrogen and oxygen atoms in total. The molecule has 0 aliphatic carbocycles. The highest BCUT2D eigenvalue weighted by Gasteiger charge is 2.05. The second-order valence-corrected chi connectivity index (χ2v) is 5.20. The van der Waals surface area contributed by atoms with Gasteiger partial charge in [-0.25, -0.2) is 0 Å². The molecule has 0 unspecified atom stereocenters. The third kappa shape index (κ3) is 3.74. The summed E-state index contributed by atoms with van der Waals surface area (Å²) < 4.78 is 1.09. The zero-order chi connectivity index (χ0) is 9.68. The maximum absolute atomic E-state index is 8.78. The van der Waals surface area contributed by atoms with E-state index in [1.165, 1.54) is 4.88 Å². The first kappa shape index (κ1) is 11.1. The second kappa shape index (κ2) is 5.72. The fourth-order valence-electron chi connectivity index (χ4n) is 0.879. The SMILES string of the molecule is OCC(CO)NCc1ccc(Br)s1. The van der Waals surface area contributed by atoms with Crippen molar-refractivity contribution in [1.82, 2.24) is 5.32 Å². The van der Waals surface area contributed by atoms with Crippen LogP contribution in [-0.4, -0.2) is 29.5 Å². The molecule has 13 heavy (non-hydrogen) atoms. The molecular formula is C8H12BrNO2S. The van der Waals surface area contributed by atoms with Crippen LogP contribution in [0.25, 0.3) is 0 Å². The molecule has 1 aromatic heterocycles. The smallest absolute Gasteiger partial charge is 0.0701 e. The fraction of sp³-hybridized carbons (Fsp3) is 0.500. The van der Waals surface area contributed by atoms with E-state index < -0.39 is 0 Å². The molecule has 1 heterocycles. The van der Waals surface area contributed by atoms with E-state index in [0.29, 0.717) is 6.54 Å². The molecule has 3 N–H and O–H groups in total. The van der Waals surface area contributed by atoms with Crippen molar-refractivity contribution >= 4 is 27.3 Å². The van der Waals surface area contributed by atoms with Crippen LogP contribution in [0.3, 0.4) is 0 Å². The summed E-state index contributed by atoms with van der Waals surface area (Å²) in [5.74, 6) is 0. The van der Waals surface area contributed by atoms with E-state index in [0.717, 1.165) is 3.79 Å². The predicted molar refractivity (Wildman–Crippen MR) is 56.8 cm³/mol. The zero-order valence-electron chi connectivity index (χ0n) is 7.03. The van der Waals surface area contributed by atoms with Gasteiger partial charge in [-0.15, -0.1) is 11.3 Å². The third-order valence-electron chi connectivity index (χ3n) is 1.63. The van der Waals surface area contributed by atoms with Crippen molar-refractivity contribution in [2.75, 3.05) is 13.2 Å². The van der Waals surface area contributed by atoms with E-state index >= 15 is 0 Å². The van der Waals surface area contributed by atoms with Crippen molar-refractivity contribution in [1.29, 1.82) is 0 Å². The lowest BCUT2D eigenvalue weighted by Gasteiger charge is -2.11. The van der Waals surface area contributed by atoms with Gasteiger partial charge in [-0.2, -0.15) is 0 Å². The standard InChI is InChI=1S/C8H12BrNO2S/c9-8-2-1-7(13-8)3-10-6(4-11)5-12/h1-2,6,10-12H,3-5H2. The topological polar surface area (TPSA) is 52.5 Å². The van der Waals surface area contributed by atoms with Gasteiger partial charge >= 0.3 is 0 Å². The molecule has 0 bridgehead atoms. The van der Waals surface area contributed by atoms with Gasteiger partial charge in [-0.1, -0.05) is 0 Å². The number of hydrogen-bond acceptors (Lipinski definition) is 4. The van der Waals surface area contributed by atoms with Crippen LogP contribution in [0.1, 0.15) is 4.88 Å². The average molecular weight is 266 g/mol. The van der Waals surface area contributed by atoms with E-state index in [1.54, 1.807) is 11.3 Å². The largest absolute Gasteiger partial charge is 0.395 e. The van der Waals surface area contributed by atoms with Crippen molar-refractivity contribution in [2.24, 2.45) is 0 Å². The van der Waals surface area contributed by atoms with Crippen LogP contribution in [0, 0.1) is 0 Å². The van der Waals surface area contributed by atoms with Gasteiger partial charge in [0.25, 0.3) is 0 Å². The Morgan fingerprint density at radius 2 is 2.08 bits per heavy atom. The molecule has 0 amide bonds. The Morgan fingerprint density at radius 1 is 1.38 bits per heavy atom. The van der Waals surface area contributed by atoms with Gasteiger partial charge < -0.3 is 15.5 Å². The lowest BCUT2D eigenvalue weighted by atomic mass is 10.3. The molecule has 0 aliphatic rings. The van der Waals surface area contributed by atoms with Gasteiger partial charge in [-0.05, 0) is 28.1 Å². The van der Waals surface area contributed by atoms with Crippen LogP contribution in [0.15, 0.2) is 15.9 Å². The molecule has 0 radical (unpaired) electrons. The molecule has 0 spiro atoms. The number of aliphatic hydroxyl groups is 2. The Balaban J connectivity index is 2.33. The van der Waals surface area contributed by atoms with E-state index in [-0.39, 0.29) is 19.3 Å². The summed E-state index contributed by atoms with van der Waals surface area (Å²) >= 11 is 5.01. The first-order valence-electron chi connectivity index (χ1n) is 3.95. The van der Waals surface area contributed by atoms with E-state index in [4.69, 9.17) is 10.2 Å². The number of nitrogens with one attached hydrogen (secondary N) is 1. The normalized spacial score (nSPS) is 11.1. The summed E-state index contributed by atoms with van der Waals surface area (Å²) in [7, 11) is 0. The van der Waals surface area contributed by atoms with Crippen molar-refractivity contribution in [3.8, 4) is 0 Å². The quantitative estimate of drug-likeness (QED) is 0.744. The predicted octanol–water partition coefficient (Wildman–Crippen LogP) is 0.953. The molecular weight excluding hydrogens is 254 g/mol. The van der Waals surface area contributed by atoms with Gasteiger partial charge in [0.1, 0.15) is 0 Å². The van der Waals surface area contributed by atoms with Crippen LogP contribution in [0.4, 0.5) is 0 Å². The number of halogens is 1. The second-order valence-electron chi connectivity index (χ2n) is 2.65. The molecule has 0 saturated carbocycles. The number of thiophene rings is 1. The van der Waals surface area contributed by atoms with Gasteiger partial charge in [0.05, 0.1) is 23.0 Å². The van der Waals surface area contributed by atoms with Crippen LogP contribution in [0.5, 0.6) is 0 Å². The number of rotatable bonds is 5. The molecule has 0 aliphatic heterocycles. The molecule has 1 rings (SSSR count). The maximum atomic E-state index is 8.78. The maximum Gasteiger partial charge on any atom is 0.0701 e. The van der Waals surface area contributed by atoms with Gasteiger partial charge in [0, 0.05) is 11.4 Å². The monoisotopic (exact) mass is 265 g/mol. The summed E-state index contributed by atoms with van der Waals surface area (Å²) in [4.78, 5) is 1.18. The Hall–Kier alpha value is 0.0600. The van der Waals surface area contributed by atoms with Crippen LogP contribution < -0.4 is 5.32 Å². The van der Waals surface area contributed by atoms with Crippen molar-refractivity contribution in [3.63, 3.8) is 0 Å². The van der Waals surface area contributed by atoms with Gasteiger partial charge in [0.15, 0.2) is 0 Å². The average Bonchev–Trinajstić information content (AvgIpc) is 2.53. The van der Waals surface area contributed by atoms with Crippen LogP contribution in [-0.2, 0) is 6.54 Å². The van der Waals surface area contributed by atoms with Gasteiger partial charge in [0.2, 0.25) is 0 Å². The van der Waals surface area contributed by atoms with Crippen LogP contribution in [0.2, 0.25) is 0 Å². The Morgan fingerprint density at radius 3 is 2.54 bits per heavy atom. The summed E-state index contributed by atoms with van der Waals surface area (Å²) in [6, 6.07) is 3.77. The molecule has 0 fully saturated rings. The Bertz CT molecular complexity index is 250. The molecule has 5 heteroatoms. The summed E-state index contributed by atoms with van der Waals surface area (Å²) in [5, 5.41) is 20.6. The van der Waals surface area contributed by atoms with Crippen molar-refractivity contribution in [3.05, 3.63) is 20.8 Å².